The smallest absolute Gasteiger partial charge is 0.310 e. The maximum Gasteiger partial charge on any atom is 0.310 e. The molecule has 2 atom stereocenters. The Morgan fingerprint density at radius 1 is 1.42 bits per heavy atom. The summed E-state index contributed by atoms with van der Waals surface area (Å²) in [5.41, 5.74) is 3.46. The molecule has 0 amide bonds. The van der Waals surface area contributed by atoms with Crippen LogP contribution in [0, 0.1) is 19.8 Å². The minimum Gasteiger partial charge on any atom is -0.481 e. The lowest BCUT2D eigenvalue weighted by molar-refractivity contribution is -0.140. The normalized spacial score (nSPS) is 23.0. The lowest BCUT2D eigenvalue weighted by Crippen LogP contribution is -2.30. The van der Waals surface area contributed by atoms with Crippen molar-refractivity contribution in [1.82, 2.24) is 0 Å². The number of carboxylic acid groups (broad SMARTS) is 1. The van der Waals surface area contributed by atoms with Crippen LogP contribution in [0.2, 0.25) is 5.54 Å². The predicted molar refractivity (Wildman–Crippen MR) is 78.8 cm³/mol. The number of hydrogen-bond donors (Lipinski definition) is 2. The van der Waals surface area contributed by atoms with Crippen molar-refractivity contribution in [3.05, 3.63) is 41.0 Å². The fourth-order valence-corrected chi connectivity index (χ4v) is 5.40. The lowest BCUT2D eigenvalue weighted by Gasteiger charge is -2.19. The van der Waals surface area contributed by atoms with Crippen LogP contribution in [0.3, 0.4) is 0 Å². The number of aliphatic hydroxyl groups excluding tert-OH is 1. The second-order valence-corrected chi connectivity index (χ2v) is 7.53. The van der Waals surface area contributed by atoms with Crippen LogP contribution in [-0.4, -0.2) is 32.3 Å². The van der Waals surface area contributed by atoms with Crippen LogP contribution in [0.15, 0.2) is 29.8 Å². The fourth-order valence-electron chi connectivity index (χ4n) is 2.91. The van der Waals surface area contributed by atoms with Gasteiger partial charge >= 0.3 is 5.97 Å². The maximum atomic E-state index is 11.4. The van der Waals surface area contributed by atoms with Gasteiger partial charge in [0.1, 0.15) is 0 Å². The number of carbonyl (C=O) groups is 1. The van der Waals surface area contributed by atoms with Gasteiger partial charge in [-0.05, 0) is 42.5 Å². The molecule has 1 aromatic carbocycles. The minimum atomic E-state index is -0.791. The van der Waals surface area contributed by atoms with Gasteiger partial charge in [-0.15, -0.1) is 0 Å². The van der Waals surface area contributed by atoms with E-state index in [1.807, 2.05) is 6.08 Å². The second-order valence-electron chi connectivity index (χ2n) is 5.31. The van der Waals surface area contributed by atoms with Crippen molar-refractivity contribution in [2.24, 2.45) is 5.92 Å². The molecule has 1 aliphatic rings. The van der Waals surface area contributed by atoms with Gasteiger partial charge < -0.3 is 10.2 Å². The molecule has 0 saturated heterocycles. The number of allylic oxidation sites excluding steroid dienone is 1. The van der Waals surface area contributed by atoms with Crippen LogP contribution < -0.4 is 5.19 Å². The highest BCUT2D eigenvalue weighted by Gasteiger charge is 2.35. The number of rotatable bonds is 4. The topological polar surface area (TPSA) is 57.5 Å². The minimum absolute atomic E-state index is 0.130. The van der Waals surface area contributed by atoms with Gasteiger partial charge in [-0.25, -0.2) is 0 Å². The van der Waals surface area contributed by atoms with Gasteiger partial charge in [0.2, 0.25) is 0 Å². The Labute approximate surface area is 115 Å². The predicted octanol–water partition coefficient (Wildman–Crippen LogP) is 0.909. The molecule has 0 radical (unpaired) electrons. The van der Waals surface area contributed by atoms with Gasteiger partial charge in [0.25, 0.3) is 0 Å². The van der Waals surface area contributed by atoms with E-state index >= 15 is 0 Å². The van der Waals surface area contributed by atoms with Crippen molar-refractivity contribution in [2.45, 2.75) is 25.8 Å². The molecule has 1 aliphatic carbocycles. The molecular formula is C15H20O3Si. The molecule has 0 heterocycles. The summed E-state index contributed by atoms with van der Waals surface area (Å²) in [6.45, 7) is 4.07. The summed E-state index contributed by atoms with van der Waals surface area (Å²) in [6, 6.07) is 6.27. The molecule has 1 aromatic rings. The van der Waals surface area contributed by atoms with E-state index in [1.54, 1.807) is 0 Å². The highest BCUT2D eigenvalue weighted by Crippen LogP contribution is 2.36. The number of hydrogen-bond acceptors (Lipinski definition) is 2. The largest absolute Gasteiger partial charge is 0.481 e. The van der Waals surface area contributed by atoms with E-state index in [4.69, 9.17) is 0 Å². The van der Waals surface area contributed by atoms with E-state index in [0.29, 0.717) is 5.57 Å². The van der Waals surface area contributed by atoms with Gasteiger partial charge in [0.05, 0.1) is 22.0 Å². The Hall–Kier alpha value is -1.39. The Kier molecular flexibility index (Phi) is 4.22. The summed E-state index contributed by atoms with van der Waals surface area (Å²) in [6.07, 6.45) is 2.72. The van der Waals surface area contributed by atoms with Crippen molar-refractivity contribution >= 4 is 20.7 Å². The van der Waals surface area contributed by atoms with Crippen molar-refractivity contribution in [3.63, 3.8) is 0 Å². The first-order valence-electron chi connectivity index (χ1n) is 6.62. The highest BCUT2D eigenvalue weighted by atomic mass is 28.2. The Morgan fingerprint density at radius 3 is 2.79 bits per heavy atom. The van der Waals surface area contributed by atoms with Crippen LogP contribution in [0.4, 0.5) is 0 Å². The fraction of sp³-hybridized carbons (Fsp3) is 0.400. The number of aryl methyl sites for hydroxylation is 1. The lowest BCUT2D eigenvalue weighted by atomic mass is 10.0. The molecule has 2 unspecified atom stereocenters. The van der Waals surface area contributed by atoms with Gasteiger partial charge in [-0.1, -0.05) is 29.5 Å². The third kappa shape index (κ3) is 2.79. The van der Waals surface area contributed by atoms with E-state index in [9.17, 15) is 15.0 Å². The quantitative estimate of drug-likeness (QED) is 0.635. The summed E-state index contributed by atoms with van der Waals surface area (Å²) < 4.78 is 0. The second kappa shape index (κ2) is 5.71. The maximum absolute atomic E-state index is 11.4. The number of benzene rings is 1. The van der Waals surface area contributed by atoms with Crippen LogP contribution in [0.5, 0.6) is 0 Å². The molecule has 0 aromatic heterocycles. The van der Waals surface area contributed by atoms with Gasteiger partial charge in [-0.2, -0.15) is 0 Å². The average Bonchev–Trinajstić information content (AvgIpc) is 2.78. The molecule has 0 aliphatic heterocycles. The van der Waals surface area contributed by atoms with Gasteiger partial charge in [-0.3, -0.25) is 4.79 Å². The third-order valence-corrected chi connectivity index (χ3v) is 6.74. The first-order valence-corrected chi connectivity index (χ1v) is 8.14. The SMILES string of the molecule is Cc1cccc([SiH2]C2CC=C(CO)C2C(=O)O)c1C. The van der Waals surface area contributed by atoms with Crippen molar-refractivity contribution in [1.29, 1.82) is 0 Å². The zero-order valence-corrected chi connectivity index (χ0v) is 12.8. The van der Waals surface area contributed by atoms with E-state index in [1.165, 1.54) is 16.3 Å². The standard InChI is InChI=1S/C15H20O3Si/c1-9-4-3-5-12(10(9)2)19-13-7-6-11(8-16)14(13)15(17)18/h3-6,13-14,16H,7-8,19H2,1-2H3,(H,17,18). The molecule has 102 valence electrons. The zero-order chi connectivity index (χ0) is 14.0. The molecule has 2 N–H and O–H groups in total. The summed E-state index contributed by atoms with van der Waals surface area (Å²) in [5.74, 6) is -1.27. The van der Waals surface area contributed by atoms with E-state index in [2.05, 4.69) is 32.0 Å². The number of aliphatic hydroxyl groups is 1. The van der Waals surface area contributed by atoms with Gasteiger partial charge in [0, 0.05) is 0 Å². The number of aliphatic carboxylic acids is 1. The van der Waals surface area contributed by atoms with Crippen molar-refractivity contribution in [2.75, 3.05) is 6.61 Å². The molecule has 19 heavy (non-hydrogen) atoms. The third-order valence-electron chi connectivity index (χ3n) is 4.20. The van der Waals surface area contributed by atoms with Crippen molar-refractivity contribution < 1.29 is 15.0 Å². The summed E-state index contributed by atoms with van der Waals surface area (Å²) >= 11 is 0. The molecule has 0 spiro atoms. The Morgan fingerprint density at radius 2 is 2.16 bits per heavy atom. The van der Waals surface area contributed by atoms with Crippen LogP contribution in [-0.2, 0) is 4.79 Å². The summed E-state index contributed by atoms with van der Waals surface area (Å²) in [4.78, 5) is 11.4. The molecular weight excluding hydrogens is 256 g/mol. The molecule has 0 fully saturated rings. The van der Waals surface area contributed by atoms with E-state index in [-0.39, 0.29) is 12.1 Å². The Bertz CT molecular complexity index is 522. The molecule has 0 bridgehead atoms. The van der Waals surface area contributed by atoms with Crippen LogP contribution in [0.25, 0.3) is 0 Å². The van der Waals surface area contributed by atoms with Crippen LogP contribution >= 0.6 is 0 Å². The first kappa shape index (κ1) is 14.0. The zero-order valence-electron chi connectivity index (χ0n) is 11.4. The molecule has 2 rings (SSSR count). The molecule has 3 nitrogen and oxygen atoms in total. The highest BCUT2D eigenvalue weighted by molar-refractivity contribution is 6.56. The summed E-state index contributed by atoms with van der Waals surface area (Å²) in [7, 11) is -0.661. The van der Waals surface area contributed by atoms with Crippen molar-refractivity contribution in [3.8, 4) is 0 Å². The summed E-state index contributed by atoms with van der Waals surface area (Å²) in [5, 5.41) is 20.0. The van der Waals surface area contributed by atoms with Crippen LogP contribution in [0.1, 0.15) is 17.5 Å². The first-order chi connectivity index (χ1) is 9.04. The number of carboxylic acids is 1. The Balaban J connectivity index is 2.20. The van der Waals surface area contributed by atoms with E-state index < -0.39 is 21.4 Å². The van der Waals surface area contributed by atoms with E-state index in [0.717, 1.165) is 6.42 Å². The monoisotopic (exact) mass is 276 g/mol. The average molecular weight is 276 g/mol. The van der Waals surface area contributed by atoms with Gasteiger partial charge in [0.15, 0.2) is 0 Å². The molecule has 4 heteroatoms. The molecule has 0 saturated carbocycles.